The van der Waals surface area contributed by atoms with Crippen LogP contribution in [0.2, 0.25) is 0 Å². The van der Waals surface area contributed by atoms with Crippen molar-refractivity contribution in [3.8, 4) is 0 Å². The number of carbonyl (C=O) groups excluding carboxylic acids is 1. The number of esters is 1. The number of carboxylic acid groups (broad SMARTS) is 1. The molecule has 0 heterocycles. The summed E-state index contributed by atoms with van der Waals surface area (Å²) in [5, 5.41) is 9.22. The van der Waals surface area contributed by atoms with Crippen molar-refractivity contribution in [2.75, 3.05) is 7.11 Å². The van der Waals surface area contributed by atoms with Gasteiger partial charge in [-0.05, 0) is 42.4 Å². The summed E-state index contributed by atoms with van der Waals surface area (Å²) in [7, 11) is 1.32. The van der Waals surface area contributed by atoms with Gasteiger partial charge in [-0.25, -0.2) is 9.59 Å². The predicted octanol–water partition coefficient (Wildman–Crippen LogP) is 3.00. The first kappa shape index (κ1) is 13.6. The van der Waals surface area contributed by atoms with Gasteiger partial charge in [0.1, 0.15) is 0 Å². The third-order valence-electron chi connectivity index (χ3n) is 3.84. The smallest absolute Gasteiger partial charge is 0.338 e. The molecule has 0 aromatic heterocycles. The van der Waals surface area contributed by atoms with Gasteiger partial charge in [0, 0.05) is 0 Å². The third-order valence-corrected chi connectivity index (χ3v) is 3.84. The maximum absolute atomic E-state index is 11.8. The van der Waals surface area contributed by atoms with Gasteiger partial charge in [-0.1, -0.05) is 19.4 Å². The van der Waals surface area contributed by atoms with Crippen LogP contribution >= 0.6 is 0 Å². The van der Waals surface area contributed by atoms with Gasteiger partial charge < -0.3 is 9.84 Å². The lowest BCUT2D eigenvalue weighted by atomic mass is 9.77. The summed E-state index contributed by atoms with van der Waals surface area (Å²) < 4.78 is 4.77. The number of methoxy groups -OCH3 is 1. The number of hydrogen-bond acceptors (Lipinski definition) is 3. The fourth-order valence-electron chi connectivity index (χ4n) is 2.50. The van der Waals surface area contributed by atoms with Gasteiger partial charge in [0.05, 0.1) is 18.2 Å². The quantitative estimate of drug-likeness (QED) is 0.847. The molecule has 1 aliphatic rings. The van der Waals surface area contributed by atoms with Crippen molar-refractivity contribution in [1.82, 2.24) is 0 Å². The number of ether oxygens (including phenoxy) is 1. The number of aromatic carboxylic acids is 1. The molecule has 4 nitrogen and oxygen atoms in total. The molecule has 1 fully saturated rings. The Bertz CT molecular complexity index is 515. The largest absolute Gasteiger partial charge is 0.478 e. The lowest BCUT2D eigenvalue weighted by Gasteiger charge is -2.28. The van der Waals surface area contributed by atoms with E-state index in [-0.39, 0.29) is 5.56 Å². The fraction of sp³-hybridized carbons (Fsp3) is 0.467. The lowest BCUT2D eigenvalue weighted by Crippen LogP contribution is -2.17. The maximum atomic E-state index is 11.8. The van der Waals surface area contributed by atoms with E-state index >= 15 is 0 Å². The Hall–Kier alpha value is -1.84. The van der Waals surface area contributed by atoms with Crippen LogP contribution in [0.25, 0.3) is 0 Å². The summed E-state index contributed by atoms with van der Waals surface area (Å²) in [6.45, 7) is 1.92. The van der Waals surface area contributed by atoms with Crippen molar-refractivity contribution in [1.29, 1.82) is 0 Å². The van der Waals surface area contributed by atoms with E-state index in [1.54, 1.807) is 0 Å². The number of hydrogen-bond donors (Lipinski definition) is 1. The van der Waals surface area contributed by atoms with Gasteiger partial charge in [0.15, 0.2) is 0 Å². The average Bonchev–Trinajstić information content (AvgIpc) is 2.34. The number of benzene rings is 1. The van der Waals surface area contributed by atoms with E-state index in [2.05, 4.69) is 0 Å². The summed E-state index contributed by atoms with van der Waals surface area (Å²) in [6, 6.07) is 3.35. The molecule has 102 valence electrons. The van der Waals surface area contributed by atoms with Gasteiger partial charge in [0.2, 0.25) is 0 Å². The van der Waals surface area contributed by atoms with Crippen LogP contribution in [0.5, 0.6) is 0 Å². The molecule has 0 unspecified atom stereocenters. The zero-order valence-electron chi connectivity index (χ0n) is 11.2. The zero-order valence-corrected chi connectivity index (χ0v) is 11.2. The standard InChI is InChI=1S/C15H18O4/c1-3-9-7-11(10-5-4-6-10)13(15(18)19-2)8-12(9)14(16)17/h7-8,10H,3-6H2,1-2H3,(H,16,17). The van der Waals surface area contributed by atoms with Crippen molar-refractivity contribution < 1.29 is 19.4 Å². The normalized spacial score (nSPS) is 14.8. The molecule has 0 spiro atoms. The molecule has 19 heavy (non-hydrogen) atoms. The van der Waals surface area contributed by atoms with Crippen LogP contribution in [0.3, 0.4) is 0 Å². The van der Waals surface area contributed by atoms with E-state index < -0.39 is 11.9 Å². The lowest BCUT2D eigenvalue weighted by molar-refractivity contribution is 0.0598. The minimum atomic E-state index is -0.998. The predicted molar refractivity (Wildman–Crippen MR) is 70.7 cm³/mol. The molecule has 0 amide bonds. The molecule has 0 atom stereocenters. The van der Waals surface area contributed by atoms with Crippen LogP contribution < -0.4 is 0 Å². The van der Waals surface area contributed by atoms with Crippen LogP contribution in [0, 0.1) is 0 Å². The molecule has 0 aliphatic heterocycles. The van der Waals surface area contributed by atoms with Crippen molar-refractivity contribution in [3.05, 3.63) is 34.4 Å². The zero-order chi connectivity index (χ0) is 14.0. The second-order valence-corrected chi connectivity index (χ2v) is 4.87. The molecular formula is C15H18O4. The Balaban J connectivity index is 2.56. The first-order valence-corrected chi connectivity index (χ1v) is 6.56. The van der Waals surface area contributed by atoms with Crippen molar-refractivity contribution in [3.63, 3.8) is 0 Å². The summed E-state index contributed by atoms with van der Waals surface area (Å²) in [6.07, 6.45) is 3.91. The molecule has 2 rings (SSSR count). The highest BCUT2D eigenvalue weighted by atomic mass is 16.5. The van der Waals surface area contributed by atoms with Crippen molar-refractivity contribution in [2.24, 2.45) is 0 Å². The molecule has 4 heteroatoms. The third kappa shape index (κ3) is 2.48. The molecule has 1 saturated carbocycles. The topological polar surface area (TPSA) is 63.6 Å². The molecular weight excluding hydrogens is 244 g/mol. The van der Waals surface area contributed by atoms with E-state index in [0.29, 0.717) is 17.9 Å². The summed E-state index contributed by atoms with van der Waals surface area (Å²) >= 11 is 0. The average molecular weight is 262 g/mol. The van der Waals surface area contributed by atoms with Gasteiger partial charge >= 0.3 is 11.9 Å². The van der Waals surface area contributed by atoms with Crippen molar-refractivity contribution >= 4 is 11.9 Å². The van der Waals surface area contributed by atoms with Crippen LogP contribution in [0.15, 0.2) is 12.1 Å². The SMILES string of the molecule is CCc1cc(C2CCC2)c(C(=O)OC)cc1C(=O)O. The molecule has 1 N–H and O–H groups in total. The fourth-order valence-corrected chi connectivity index (χ4v) is 2.50. The number of carbonyl (C=O) groups is 2. The first-order valence-electron chi connectivity index (χ1n) is 6.56. The molecule has 0 bridgehead atoms. The molecule has 1 aromatic rings. The van der Waals surface area contributed by atoms with Crippen LogP contribution in [0.1, 0.15) is 63.9 Å². The van der Waals surface area contributed by atoms with Crippen LogP contribution in [0.4, 0.5) is 0 Å². The highest BCUT2D eigenvalue weighted by Gasteiger charge is 2.27. The van der Waals surface area contributed by atoms with Crippen LogP contribution in [-0.2, 0) is 11.2 Å². The van der Waals surface area contributed by atoms with E-state index in [0.717, 1.165) is 30.4 Å². The minimum Gasteiger partial charge on any atom is -0.478 e. The van der Waals surface area contributed by atoms with Gasteiger partial charge in [0.25, 0.3) is 0 Å². The van der Waals surface area contributed by atoms with E-state index in [1.165, 1.54) is 13.2 Å². The second-order valence-electron chi connectivity index (χ2n) is 4.87. The Kier molecular flexibility index (Phi) is 3.88. The summed E-state index contributed by atoms with van der Waals surface area (Å²) in [5.74, 6) is -1.09. The van der Waals surface area contributed by atoms with Crippen molar-refractivity contribution in [2.45, 2.75) is 38.5 Å². The number of rotatable bonds is 4. The maximum Gasteiger partial charge on any atom is 0.338 e. The molecule has 1 aromatic carbocycles. The second kappa shape index (κ2) is 5.43. The van der Waals surface area contributed by atoms with E-state index in [9.17, 15) is 14.7 Å². The van der Waals surface area contributed by atoms with Crippen LogP contribution in [-0.4, -0.2) is 24.2 Å². The van der Waals surface area contributed by atoms with Gasteiger partial charge in [-0.3, -0.25) is 0 Å². The molecule has 0 saturated heterocycles. The highest BCUT2D eigenvalue weighted by Crippen LogP contribution is 2.39. The van der Waals surface area contributed by atoms with E-state index in [4.69, 9.17) is 4.74 Å². The number of aryl methyl sites for hydroxylation is 1. The Morgan fingerprint density at radius 3 is 2.42 bits per heavy atom. The molecule has 0 radical (unpaired) electrons. The number of carboxylic acids is 1. The highest BCUT2D eigenvalue weighted by molar-refractivity contribution is 5.97. The van der Waals surface area contributed by atoms with Gasteiger partial charge in [-0.2, -0.15) is 0 Å². The minimum absolute atomic E-state index is 0.200. The summed E-state index contributed by atoms with van der Waals surface area (Å²) in [4.78, 5) is 23.1. The van der Waals surface area contributed by atoms with E-state index in [1.807, 2.05) is 13.0 Å². The first-order chi connectivity index (χ1) is 9.08. The monoisotopic (exact) mass is 262 g/mol. The Labute approximate surface area is 112 Å². The Morgan fingerprint density at radius 1 is 1.32 bits per heavy atom. The Morgan fingerprint density at radius 2 is 2.00 bits per heavy atom. The van der Waals surface area contributed by atoms with Gasteiger partial charge in [-0.15, -0.1) is 0 Å². The molecule has 1 aliphatic carbocycles. The summed E-state index contributed by atoms with van der Waals surface area (Å²) in [5.41, 5.74) is 2.33.